The minimum atomic E-state index is 0.141. The Labute approximate surface area is 58.5 Å². The smallest absolute Gasteiger partial charge is 0.115 e. The summed E-state index contributed by atoms with van der Waals surface area (Å²) < 4.78 is 5.10. The second-order valence-electron chi connectivity index (χ2n) is 2.00. The Morgan fingerprint density at radius 2 is 2.56 bits per heavy atom. The lowest BCUT2D eigenvalue weighted by molar-refractivity contribution is -0.0255. The van der Waals surface area contributed by atoms with E-state index in [4.69, 9.17) is 15.9 Å². The van der Waals surface area contributed by atoms with Crippen LogP contribution in [0.4, 0.5) is 0 Å². The maximum atomic E-state index is 7.07. The average Bonchev–Trinajstić information content (AvgIpc) is 1.61. The number of nitrogens with one attached hydrogen (secondary N) is 1. The maximum absolute atomic E-state index is 7.07. The summed E-state index contributed by atoms with van der Waals surface area (Å²) in [6.45, 7) is 0.626. The van der Waals surface area contributed by atoms with E-state index in [0.717, 1.165) is 0 Å². The van der Waals surface area contributed by atoms with Crippen LogP contribution in [0.5, 0.6) is 0 Å². The molecule has 4 heteroatoms. The number of amidine groups is 1. The van der Waals surface area contributed by atoms with Gasteiger partial charge in [0.1, 0.15) is 5.44 Å². The lowest BCUT2D eigenvalue weighted by Gasteiger charge is -2.34. The minimum Gasteiger partial charge on any atom is -0.387 e. The predicted molar refractivity (Wildman–Crippen MR) is 38.7 cm³/mol. The number of ether oxygens (including phenoxy) is 1. The number of hydrogen-bond donors (Lipinski definition) is 2. The van der Waals surface area contributed by atoms with Gasteiger partial charge in [0.2, 0.25) is 0 Å². The highest BCUT2D eigenvalue weighted by molar-refractivity contribution is 7.99. The lowest BCUT2D eigenvalue weighted by atomic mass is 10.1. The van der Waals surface area contributed by atoms with E-state index in [-0.39, 0.29) is 17.2 Å². The third-order valence-electron chi connectivity index (χ3n) is 1.40. The molecule has 1 fully saturated rings. The first-order chi connectivity index (χ1) is 4.25. The maximum Gasteiger partial charge on any atom is 0.115 e. The van der Waals surface area contributed by atoms with Crippen molar-refractivity contribution in [1.29, 1.82) is 5.41 Å². The van der Waals surface area contributed by atoms with E-state index < -0.39 is 0 Å². The fraction of sp³-hybridized carbons (Fsp3) is 0.800. The summed E-state index contributed by atoms with van der Waals surface area (Å²) in [4.78, 5) is 0. The Morgan fingerprint density at radius 1 is 1.89 bits per heavy atom. The second-order valence-corrected chi connectivity index (χ2v) is 2.94. The van der Waals surface area contributed by atoms with Crippen LogP contribution in [-0.4, -0.2) is 24.1 Å². The van der Waals surface area contributed by atoms with E-state index in [1.165, 1.54) is 0 Å². The van der Waals surface area contributed by atoms with Crippen molar-refractivity contribution in [1.82, 2.24) is 0 Å². The molecule has 0 aromatic carbocycles. The lowest BCUT2D eigenvalue weighted by Crippen LogP contribution is -2.45. The summed E-state index contributed by atoms with van der Waals surface area (Å²) in [6.07, 6.45) is 1.96. The Kier molecular flexibility index (Phi) is 1.97. The monoisotopic (exact) mass is 146 g/mol. The first-order valence-electron chi connectivity index (χ1n) is 2.74. The molecule has 0 aromatic heterocycles. The van der Waals surface area contributed by atoms with Crippen molar-refractivity contribution >= 4 is 17.6 Å². The summed E-state index contributed by atoms with van der Waals surface area (Å²) in [5.74, 6) is 0.417. The fourth-order valence-corrected chi connectivity index (χ4v) is 1.51. The summed E-state index contributed by atoms with van der Waals surface area (Å²) >= 11 is 1.60. The molecule has 0 amide bonds. The van der Waals surface area contributed by atoms with Gasteiger partial charge in [-0.25, -0.2) is 0 Å². The molecule has 0 aromatic rings. The molecule has 0 saturated carbocycles. The number of rotatable bonds is 2. The molecule has 2 unspecified atom stereocenters. The number of thioether (sulfide) groups is 1. The van der Waals surface area contributed by atoms with E-state index in [0.29, 0.717) is 6.61 Å². The third kappa shape index (κ3) is 1.19. The Bertz CT molecular complexity index is 126. The summed E-state index contributed by atoms with van der Waals surface area (Å²) in [6, 6.07) is 0. The van der Waals surface area contributed by atoms with Gasteiger partial charge >= 0.3 is 0 Å². The molecule has 52 valence electrons. The molecular formula is C5H10N2OS. The summed E-state index contributed by atoms with van der Waals surface area (Å²) in [7, 11) is 0. The molecule has 3 N–H and O–H groups in total. The highest BCUT2D eigenvalue weighted by atomic mass is 32.2. The molecule has 1 aliphatic heterocycles. The van der Waals surface area contributed by atoms with Crippen molar-refractivity contribution in [3.8, 4) is 0 Å². The van der Waals surface area contributed by atoms with Gasteiger partial charge in [0.15, 0.2) is 0 Å². The zero-order valence-corrected chi connectivity index (χ0v) is 6.07. The Morgan fingerprint density at radius 3 is 2.67 bits per heavy atom. The van der Waals surface area contributed by atoms with E-state index >= 15 is 0 Å². The van der Waals surface area contributed by atoms with Crippen molar-refractivity contribution < 1.29 is 4.74 Å². The van der Waals surface area contributed by atoms with Crippen molar-refractivity contribution in [2.24, 2.45) is 11.7 Å². The van der Waals surface area contributed by atoms with E-state index in [1.807, 2.05) is 6.26 Å². The second kappa shape index (κ2) is 2.58. The first kappa shape index (κ1) is 6.89. The van der Waals surface area contributed by atoms with Crippen LogP contribution in [0.1, 0.15) is 0 Å². The molecule has 0 aliphatic carbocycles. The Hall–Kier alpha value is -0.220. The fourth-order valence-electron chi connectivity index (χ4n) is 0.740. The average molecular weight is 146 g/mol. The van der Waals surface area contributed by atoms with E-state index in [2.05, 4.69) is 0 Å². The van der Waals surface area contributed by atoms with Crippen LogP contribution in [-0.2, 0) is 4.74 Å². The van der Waals surface area contributed by atoms with Gasteiger partial charge in [0.25, 0.3) is 0 Å². The van der Waals surface area contributed by atoms with Gasteiger partial charge in [0, 0.05) is 0 Å². The Balaban J connectivity index is 2.35. The van der Waals surface area contributed by atoms with E-state index in [9.17, 15) is 0 Å². The van der Waals surface area contributed by atoms with Gasteiger partial charge < -0.3 is 10.5 Å². The number of nitrogens with two attached hydrogens (primary N) is 1. The third-order valence-corrected chi connectivity index (χ3v) is 2.33. The normalized spacial score (nSPS) is 33.4. The first-order valence-corrected chi connectivity index (χ1v) is 4.03. The minimum absolute atomic E-state index is 0.141. The molecule has 9 heavy (non-hydrogen) atoms. The van der Waals surface area contributed by atoms with Gasteiger partial charge in [0.05, 0.1) is 18.4 Å². The van der Waals surface area contributed by atoms with Gasteiger partial charge in [-0.15, -0.1) is 11.8 Å². The van der Waals surface area contributed by atoms with Crippen LogP contribution < -0.4 is 5.73 Å². The van der Waals surface area contributed by atoms with Crippen molar-refractivity contribution in [3.05, 3.63) is 0 Å². The molecule has 1 aliphatic rings. The molecule has 0 spiro atoms. The quantitative estimate of drug-likeness (QED) is 0.434. The van der Waals surface area contributed by atoms with Gasteiger partial charge in [-0.1, -0.05) is 0 Å². The molecule has 1 saturated heterocycles. The zero-order chi connectivity index (χ0) is 6.85. The van der Waals surface area contributed by atoms with Gasteiger partial charge in [-0.2, -0.15) is 0 Å². The van der Waals surface area contributed by atoms with Gasteiger partial charge in [-0.3, -0.25) is 5.41 Å². The number of hydrogen-bond acceptors (Lipinski definition) is 3. The van der Waals surface area contributed by atoms with Crippen molar-refractivity contribution in [2.75, 3.05) is 12.9 Å². The van der Waals surface area contributed by atoms with Crippen LogP contribution in [0.2, 0.25) is 0 Å². The molecule has 1 rings (SSSR count). The van der Waals surface area contributed by atoms with Crippen LogP contribution in [0, 0.1) is 11.3 Å². The van der Waals surface area contributed by atoms with Crippen molar-refractivity contribution in [3.63, 3.8) is 0 Å². The largest absolute Gasteiger partial charge is 0.387 e. The van der Waals surface area contributed by atoms with E-state index in [1.54, 1.807) is 11.8 Å². The summed E-state index contributed by atoms with van der Waals surface area (Å²) in [5, 5.41) is 7.07. The van der Waals surface area contributed by atoms with Crippen LogP contribution in [0.25, 0.3) is 0 Å². The molecule has 2 atom stereocenters. The highest BCUT2D eigenvalue weighted by Crippen LogP contribution is 2.27. The van der Waals surface area contributed by atoms with Gasteiger partial charge in [-0.05, 0) is 6.26 Å². The molecule has 1 heterocycles. The van der Waals surface area contributed by atoms with Crippen LogP contribution in [0.3, 0.4) is 0 Å². The van der Waals surface area contributed by atoms with Crippen LogP contribution >= 0.6 is 11.8 Å². The predicted octanol–water partition coefficient (Wildman–Crippen LogP) is 0.258. The standard InChI is InChI=1S/C5H10N2OS/c1-9-5-3(2-8-5)4(6)7/h3,5H,2H2,1H3,(H3,6,7). The molecule has 3 nitrogen and oxygen atoms in total. The SMILES string of the molecule is CSC1OCC1C(=N)N. The van der Waals surface area contributed by atoms with Crippen LogP contribution in [0.15, 0.2) is 0 Å². The topological polar surface area (TPSA) is 59.1 Å². The highest BCUT2D eigenvalue weighted by Gasteiger charge is 2.33. The molecule has 0 bridgehead atoms. The summed E-state index contributed by atoms with van der Waals surface area (Å²) in [5.41, 5.74) is 5.39. The molecule has 0 radical (unpaired) electrons. The zero-order valence-electron chi connectivity index (χ0n) is 5.26. The van der Waals surface area contributed by atoms with Crippen molar-refractivity contribution in [2.45, 2.75) is 5.44 Å². The molecular weight excluding hydrogens is 136 g/mol.